The molecule has 2 heterocycles. The summed E-state index contributed by atoms with van der Waals surface area (Å²) in [6.45, 7) is 9.82. The summed E-state index contributed by atoms with van der Waals surface area (Å²) < 4.78 is 34.5. The summed E-state index contributed by atoms with van der Waals surface area (Å²) in [6.07, 6.45) is 1.71. The number of hydrogen-bond donors (Lipinski definition) is 2. The zero-order chi connectivity index (χ0) is 36.3. The second-order valence-corrected chi connectivity index (χ2v) is 12.2. The van der Waals surface area contributed by atoms with Gasteiger partial charge in [-0.15, -0.1) is 0 Å². The first-order valence-electron chi connectivity index (χ1n) is 16.9. The van der Waals surface area contributed by atoms with Crippen LogP contribution in [0.15, 0.2) is 54.7 Å². The van der Waals surface area contributed by atoms with Crippen LogP contribution in [-0.4, -0.2) is 101 Å². The van der Waals surface area contributed by atoms with E-state index in [0.29, 0.717) is 46.6 Å². The van der Waals surface area contributed by atoms with E-state index in [1.165, 1.54) is 6.20 Å². The predicted octanol–water partition coefficient (Wildman–Crippen LogP) is 6.30. The summed E-state index contributed by atoms with van der Waals surface area (Å²) in [5.41, 5.74) is 5.26. The minimum Gasteiger partial charge on any atom is -0.496 e. The average Bonchev–Trinajstić information content (AvgIpc) is 3.14. The molecule has 1 amide bonds. The molecule has 4 aromatic rings. The van der Waals surface area contributed by atoms with Gasteiger partial charge in [0, 0.05) is 67.9 Å². The molecule has 0 radical (unpaired) electrons. The predicted molar refractivity (Wildman–Crippen MR) is 197 cm³/mol. The summed E-state index contributed by atoms with van der Waals surface area (Å²) in [7, 11) is 8.50. The number of amides is 1. The van der Waals surface area contributed by atoms with Crippen molar-refractivity contribution in [3.05, 3.63) is 71.4 Å². The van der Waals surface area contributed by atoms with E-state index < -0.39 is 6.09 Å². The minimum absolute atomic E-state index is 0.0744. The van der Waals surface area contributed by atoms with E-state index in [1.54, 1.807) is 52.7 Å². The van der Waals surface area contributed by atoms with Gasteiger partial charge in [-0.2, -0.15) is 4.98 Å². The molecule has 0 atom stereocenters. The van der Waals surface area contributed by atoms with Crippen LogP contribution < -0.4 is 34.3 Å². The molecule has 0 saturated carbocycles. The fraction of sp³-hybridized carbons (Fsp3) is 0.395. The molecule has 13 nitrogen and oxygen atoms in total. The summed E-state index contributed by atoms with van der Waals surface area (Å²) in [4.78, 5) is 26.6. The van der Waals surface area contributed by atoms with Crippen molar-refractivity contribution in [1.82, 2.24) is 19.8 Å². The number of ether oxygens (including phenoxy) is 6. The van der Waals surface area contributed by atoms with Gasteiger partial charge in [0.1, 0.15) is 23.9 Å². The van der Waals surface area contributed by atoms with Crippen molar-refractivity contribution in [3.63, 3.8) is 0 Å². The Hall–Kier alpha value is -5.27. The van der Waals surface area contributed by atoms with Gasteiger partial charge in [0.25, 0.3) is 0 Å². The van der Waals surface area contributed by atoms with Gasteiger partial charge in [-0.25, -0.2) is 9.78 Å². The lowest BCUT2D eigenvalue weighted by atomic mass is 9.92. The third kappa shape index (κ3) is 9.30. The fourth-order valence-electron chi connectivity index (χ4n) is 5.95. The smallest absolute Gasteiger partial charge is 0.413 e. The summed E-state index contributed by atoms with van der Waals surface area (Å²) in [5, 5.41) is 5.85. The SMILES string of the molecule is COc1ccc(OC)c(-c2cccc(C)c2C)c1COC(=O)Nc1ccnc(Nc2cc(OC)c(OCCCN3CCN(C)CC3)c(OC)c2)n1. The van der Waals surface area contributed by atoms with Crippen molar-refractivity contribution in [2.24, 2.45) is 0 Å². The molecular formula is C38H48N6O7. The monoisotopic (exact) mass is 700 g/mol. The van der Waals surface area contributed by atoms with E-state index in [1.807, 2.05) is 38.1 Å². The lowest BCUT2D eigenvalue weighted by molar-refractivity contribution is 0.144. The van der Waals surface area contributed by atoms with Crippen molar-refractivity contribution >= 4 is 23.5 Å². The molecule has 3 aromatic carbocycles. The van der Waals surface area contributed by atoms with Crippen molar-refractivity contribution < 1.29 is 33.2 Å². The standard InChI is InChI=1S/C38H48N6O7/c1-25-10-8-11-28(26(25)2)35-29(30(46-4)12-13-31(35)47-5)24-51-38(45)42-34-14-15-39-37(41-34)40-27-22-32(48-6)36(33(23-27)49-7)50-21-9-16-44-19-17-43(3)18-20-44/h8,10-15,22-23H,9,16-21,24H2,1-7H3,(H2,39,40,41,42,45). The number of nitrogens with one attached hydrogen (secondary N) is 2. The normalized spacial score (nSPS) is 13.3. The van der Waals surface area contributed by atoms with E-state index in [0.717, 1.165) is 61.4 Å². The molecule has 2 N–H and O–H groups in total. The van der Waals surface area contributed by atoms with Gasteiger partial charge in [0.05, 0.1) is 35.0 Å². The third-order valence-corrected chi connectivity index (χ3v) is 8.96. The highest BCUT2D eigenvalue weighted by molar-refractivity contribution is 5.84. The van der Waals surface area contributed by atoms with E-state index in [9.17, 15) is 4.79 Å². The van der Waals surface area contributed by atoms with Crippen LogP contribution in [0, 0.1) is 13.8 Å². The Kier molecular flexibility index (Phi) is 12.8. The maximum absolute atomic E-state index is 13.1. The second kappa shape index (κ2) is 17.6. The van der Waals surface area contributed by atoms with Crippen LogP contribution in [-0.2, 0) is 11.3 Å². The number of methoxy groups -OCH3 is 4. The van der Waals surface area contributed by atoms with Gasteiger partial charge in [-0.1, -0.05) is 18.2 Å². The molecule has 51 heavy (non-hydrogen) atoms. The quantitative estimate of drug-likeness (QED) is 0.135. The number of aryl methyl sites for hydroxylation is 1. The first-order valence-corrected chi connectivity index (χ1v) is 16.9. The molecule has 5 rings (SSSR count). The lowest BCUT2D eigenvalue weighted by Crippen LogP contribution is -2.44. The van der Waals surface area contributed by atoms with Crippen molar-refractivity contribution in [3.8, 4) is 39.9 Å². The molecule has 1 aromatic heterocycles. The molecule has 0 bridgehead atoms. The molecular weight excluding hydrogens is 652 g/mol. The zero-order valence-corrected chi connectivity index (χ0v) is 30.5. The summed E-state index contributed by atoms with van der Waals surface area (Å²) in [5.74, 6) is 3.22. The van der Waals surface area contributed by atoms with Crippen LogP contribution >= 0.6 is 0 Å². The molecule has 13 heteroatoms. The number of hydrogen-bond acceptors (Lipinski definition) is 12. The number of carbonyl (C=O) groups is 1. The first-order chi connectivity index (χ1) is 24.7. The Balaban J connectivity index is 1.24. The van der Waals surface area contributed by atoms with Gasteiger partial charge in [0.15, 0.2) is 11.5 Å². The van der Waals surface area contributed by atoms with Crippen molar-refractivity contribution in [1.29, 1.82) is 0 Å². The average molecular weight is 701 g/mol. The Morgan fingerprint density at radius 1 is 0.863 bits per heavy atom. The van der Waals surface area contributed by atoms with E-state index in [-0.39, 0.29) is 18.4 Å². The highest BCUT2D eigenvalue weighted by Crippen LogP contribution is 2.42. The lowest BCUT2D eigenvalue weighted by Gasteiger charge is -2.32. The van der Waals surface area contributed by atoms with Crippen LogP contribution in [0.25, 0.3) is 11.1 Å². The molecule has 0 aliphatic carbocycles. The number of nitrogens with zero attached hydrogens (tertiary/aromatic N) is 4. The van der Waals surface area contributed by atoms with Crippen molar-refractivity contribution in [2.45, 2.75) is 26.9 Å². The summed E-state index contributed by atoms with van der Waals surface area (Å²) >= 11 is 0. The maximum atomic E-state index is 13.1. The van der Waals surface area contributed by atoms with Crippen LogP contribution in [0.3, 0.4) is 0 Å². The van der Waals surface area contributed by atoms with E-state index >= 15 is 0 Å². The Labute approximate surface area is 299 Å². The molecule has 1 fully saturated rings. The molecule has 1 saturated heterocycles. The molecule has 272 valence electrons. The van der Waals surface area contributed by atoms with Gasteiger partial charge >= 0.3 is 6.09 Å². The number of carbonyl (C=O) groups excluding carboxylic acids is 1. The molecule has 0 spiro atoms. The fourth-order valence-corrected chi connectivity index (χ4v) is 5.95. The number of rotatable bonds is 15. The molecule has 1 aliphatic heterocycles. The highest BCUT2D eigenvalue weighted by Gasteiger charge is 2.21. The Morgan fingerprint density at radius 3 is 2.24 bits per heavy atom. The second-order valence-electron chi connectivity index (χ2n) is 12.2. The van der Waals surface area contributed by atoms with Gasteiger partial charge in [-0.05, 0) is 62.2 Å². The van der Waals surface area contributed by atoms with Crippen LogP contribution in [0.4, 0.5) is 22.2 Å². The minimum atomic E-state index is -0.700. The van der Waals surface area contributed by atoms with Crippen LogP contribution in [0.5, 0.6) is 28.7 Å². The number of aromatic nitrogens is 2. The number of benzene rings is 3. The van der Waals surface area contributed by atoms with Gasteiger partial charge in [0.2, 0.25) is 11.7 Å². The first kappa shape index (κ1) is 37.0. The Bertz CT molecular complexity index is 1770. The third-order valence-electron chi connectivity index (χ3n) is 8.96. The van der Waals surface area contributed by atoms with Crippen molar-refractivity contribution in [2.75, 3.05) is 85.5 Å². The van der Waals surface area contributed by atoms with Gasteiger partial charge < -0.3 is 43.5 Å². The largest absolute Gasteiger partial charge is 0.496 e. The number of likely N-dealkylation sites (N-methyl/N-ethyl adjacent to an activating group) is 1. The molecule has 0 unspecified atom stereocenters. The van der Waals surface area contributed by atoms with Crippen LogP contribution in [0.1, 0.15) is 23.1 Å². The maximum Gasteiger partial charge on any atom is 0.413 e. The van der Waals surface area contributed by atoms with E-state index in [2.05, 4.69) is 37.4 Å². The summed E-state index contributed by atoms with van der Waals surface area (Å²) in [6, 6.07) is 14.8. The topological polar surface area (TPSA) is 129 Å². The zero-order valence-electron chi connectivity index (χ0n) is 30.5. The van der Waals surface area contributed by atoms with Gasteiger partial charge in [-0.3, -0.25) is 5.32 Å². The van der Waals surface area contributed by atoms with E-state index in [4.69, 9.17) is 28.4 Å². The number of piperazine rings is 1. The number of anilines is 3. The molecule has 1 aliphatic rings. The highest BCUT2D eigenvalue weighted by atomic mass is 16.6. The van der Waals surface area contributed by atoms with Crippen LogP contribution in [0.2, 0.25) is 0 Å². The Morgan fingerprint density at radius 2 is 1.55 bits per heavy atom.